The molecule has 2 aromatic carbocycles. The second-order valence-electron chi connectivity index (χ2n) is 9.94. The van der Waals surface area contributed by atoms with E-state index in [1.165, 1.54) is 0 Å². The van der Waals surface area contributed by atoms with Gasteiger partial charge in [0.25, 0.3) is 5.91 Å². The van der Waals surface area contributed by atoms with Crippen LogP contribution >= 0.6 is 23.2 Å². The topological polar surface area (TPSA) is 71.6 Å². The van der Waals surface area contributed by atoms with E-state index in [-0.39, 0.29) is 12.5 Å². The fourth-order valence-corrected chi connectivity index (χ4v) is 6.56. The molecule has 190 valence electrons. The number of amides is 2. The molecule has 2 amide bonds. The summed E-state index contributed by atoms with van der Waals surface area (Å²) in [5.41, 5.74) is 9.14. The zero-order valence-electron chi connectivity index (χ0n) is 20.4. The van der Waals surface area contributed by atoms with Crippen LogP contribution in [-0.2, 0) is 17.9 Å². The van der Waals surface area contributed by atoms with Crippen LogP contribution in [0.15, 0.2) is 42.5 Å². The van der Waals surface area contributed by atoms with Gasteiger partial charge in [-0.1, -0.05) is 47.5 Å². The molecule has 3 aromatic rings. The molecule has 5 rings (SSSR count). The summed E-state index contributed by atoms with van der Waals surface area (Å²) in [5.74, 6) is -0.138. The van der Waals surface area contributed by atoms with Crippen LogP contribution in [0.5, 0.6) is 0 Å². The van der Waals surface area contributed by atoms with Gasteiger partial charge in [-0.15, -0.1) is 0 Å². The average Bonchev–Trinajstić information content (AvgIpc) is 3.17. The first-order valence-electron chi connectivity index (χ1n) is 12.8. The SMILES string of the molecule is NC(=O)Cn1c(C(=O)N2CCCCC2)c(CN2CCC(c3c(Cl)cccc3Cl)CC2)c2ccccc21. The zero-order chi connectivity index (χ0) is 25.2. The Hall–Kier alpha value is -2.54. The molecule has 6 nitrogen and oxygen atoms in total. The summed E-state index contributed by atoms with van der Waals surface area (Å²) in [6.07, 6.45) is 5.05. The van der Waals surface area contributed by atoms with Crippen LogP contribution in [0.4, 0.5) is 0 Å². The molecule has 0 aliphatic carbocycles. The van der Waals surface area contributed by atoms with E-state index in [9.17, 15) is 9.59 Å². The summed E-state index contributed by atoms with van der Waals surface area (Å²) in [5, 5.41) is 2.46. The molecular formula is C28H32Cl2N4O2. The molecule has 0 atom stereocenters. The van der Waals surface area contributed by atoms with Gasteiger partial charge in [-0.2, -0.15) is 0 Å². The summed E-state index contributed by atoms with van der Waals surface area (Å²) < 4.78 is 1.83. The molecule has 0 spiro atoms. The number of hydrogen-bond acceptors (Lipinski definition) is 3. The number of fused-ring (bicyclic) bond motifs is 1. The van der Waals surface area contributed by atoms with Gasteiger partial charge in [-0.3, -0.25) is 14.5 Å². The van der Waals surface area contributed by atoms with Gasteiger partial charge in [0.05, 0.1) is 0 Å². The highest BCUT2D eigenvalue weighted by Gasteiger charge is 2.30. The summed E-state index contributed by atoms with van der Waals surface area (Å²) in [6, 6.07) is 13.6. The van der Waals surface area contributed by atoms with Crippen molar-refractivity contribution < 1.29 is 9.59 Å². The smallest absolute Gasteiger partial charge is 0.270 e. The van der Waals surface area contributed by atoms with E-state index < -0.39 is 5.91 Å². The number of rotatable bonds is 6. The van der Waals surface area contributed by atoms with Crippen LogP contribution in [0.3, 0.4) is 0 Å². The molecule has 2 aliphatic heterocycles. The van der Waals surface area contributed by atoms with E-state index in [0.29, 0.717) is 18.2 Å². The second kappa shape index (κ2) is 10.8. The van der Waals surface area contributed by atoms with Gasteiger partial charge in [0, 0.05) is 46.1 Å². The molecule has 8 heteroatoms. The van der Waals surface area contributed by atoms with Crippen molar-refractivity contribution in [2.24, 2.45) is 5.73 Å². The standard InChI is InChI=1S/C28H32Cl2N4O2/c29-22-8-6-9-23(30)26(22)19-11-15-32(16-12-19)17-21-20-7-2-3-10-24(20)34(18-25(31)35)27(21)28(36)33-13-4-1-5-14-33/h2-3,6-10,19H,1,4-5,11-18H2,(H2,31,35). The minimum Gasteiger partial charge on any atom is -0.368 e. The first-order valence-corrected chi connectivity index (χ1v) is 13.5. The van der Waals surface area contributed by atoms with E-state index in [4.69, 9.17) is 28.9 Å². The second-order valence-corrected chi connectivity index (χ2v) is 10.7. The number of primary amides is 1. The van der Waals surface area contributed by atoms with Crippen molar-refractivity contribution in [3.05, 3.63) is 69.3 Å². The molecule has 0 saturated carbocycles. The molecule has 1 aromatic heterocycles. The lowest BCUT2D eigenvalue weighted by atomic mass is 9.89. The quantitative estimate of drug-likeness (QED) is 0.464. The van der Waals surface area contributed by atoms with Crippen molar-refractivity contribution in [2.45, 2.75) is 51.1 Å². The number of para-hydroxylation sites is 1. The number of carbonyl (C=O) groups excluding carboxylic acids is 2. The van der Waals surface area contributed by atoms with Crippen LogP contribution in [0.25, 0.3) is 10.9 Å². The molecule has 2 aliphatic rings. The Bertz CT molecular complexity index is 1250. The Labute approximate surface area is 221 Å². The van der Waals surface area contributed by atoms with Gasteiger partial charge in [-0.25, -0.2) is 0 Å². The van der Waals surface area contributed by atoms with Crippen LogP contribution < -0.4 is 5.73 Å². The fraction of sp³-hybridized carbons (Fsp3) is 0.429. The number of hydrogen-bond donors (Lipinski definition) is 1. The predicted molar refractivity (Wildman–Crippen MR) is 145 cm³/mol. The molecule has 2 N–H and O–H groups in total. The van der Waals surface area contributed by atoms with Crippen molar-refractivity contribution in [3.8, 4) is 0 Å². The van der Waals surface area contributed by atoms with Gasteiger partial charge in [-0.05, 0) is 74.9 Å². The zero-order valence-corrected chi connectivity index (χ0v) is 21.9. The third-order valence-electron chi connectivity index (χ3n) is 7.61. The third-order valence-corrected chi connectivity index (χ3v) is 8.27. The number of nitrogens with two attached hydrogens (primary N) is 1. The maximum Gasteiger partial charge on any atom is 0.270 e. The van der Waals surface area contributed by atoms with Crippen LogP contribution in [0, 0.1) is 0 Å². The molecule has 2 saturated heterocycles. The monoisotopic (exact) mass is 526 g/mol. The van der Waals surface area contributed by atoms with E-state index in [1.807, 2.05) is 51.9 Å². The Kier molecular flexibility index (Phi) is 7.56. The Morgan fingerprint density at radius 3 is 2.22 bits per heavy atom. The Morgan fingerprint density at radius 2 is 1.56 bits per heavy atom. The lowest BCUT2D eigenvalue weighted by Gasteiger charge is -2.33. The fourth-order valence-electron chi connectivity index (χ4n) is 5.85. The van der Waals surface area contributed by atoms with Gasteiger partial charge in [0.2, 0.25) is 5.91 Å². The summed E-state index contributed by atoms with van der Waals surface area (Å²) in [4.78, 5) is 30.2. The molecule has 3 heterocycles. The molecular weight excluding hydrogens is 495 g/mol. The highest BCUT2D eigenvalue weighted by Crippen LogP contribution is 2.38. The van der Waals surface area contributed by atoms with Gasteiger partial charge >= 0.3 is 0 Å². The van der Waals surface area contributed by atoms with Crippen molar-refractivity contribution in [1.29, 1.82) is 0 Å². The number of aromatic nitrogens is 1. The summed E-state index contributed by atoms with van der Waals surface area (Å²) in [7, 11) is 0. The van der Waals surface area contributed by atoms with Gasteiger partial charge < -0.3 is 15.2 Å². The maximum atomic E-state index is 13.9. The molecule has 36 heavy (non-hydrogen) atoms. The normalized spacial score (nSPS) is 17.6. The first kappa shape index (κ1) is 25.1. The van der Waals surface area contributed by atoms with E-state index in [1.54, 1.807) is 0 Å². The molecule has 0 bridgehead atoms. The number of benzene rings is 2. The Morgan fingerprint density at radius 1 is 0.889 bits per heavy atom. The lowest BCUT2D eigenvalue weighted by Crippen LogP contribution is -2.38. The molecule has 0 radical (unpaired) electrons. The largest absolute Gasteiger partial charge is 0.368 e. The van der Waals surface area contributed by atoms with Crippen molar-refractivity contribution in [1.82, 2.24) is 14.4 Å². The lowest BCUT2D eigenvalue weighted by molar-refractivity contribution is -0.118. The van der Waals surface area contributed by atoms with Crippen LogP contribution in [-0.4, -0.2) is 52.4 Å². The first-order chi connectivity index (χ1) is 17.4. The van der Waals surface area contributed by atoms with E-state index in [2.05, 4.69) is 4.90 Å². The van der Waals surface area contributed by atoms with Crippen molar-refractivity contribution >= 4 is 45.9 Å². The number of piperidine rings is 2. The van der Waals surface area contributed by atoms with Gasteiger partial charge in [0.1, 0.15) is 12.2 Å². The van der Waals surface area contributed by atoms with Crippen LogP contribution in [0.1, 0.15) is 59.6 Å². The van der Waals surface area contributed by atoms with E-state index in [0.717, 1.165) is 90.4 Å². The minimum atomic E-state index is -0.451. The number of carbonyl (C=O) groups is 2. The summed E-state index contributed by atoms with van der Waals surface area (Å²) in [6.45, 7) is 3.88. The van der Waals surface area contributed by atoms with Gasteiger partial charge in [0.15, 0.2) is 0 Å². The number of nitrogens with zero attached hydrogens (tertiary/aromatic N) is 3. The van der Waals surface area contributed by atoms with Crippen molar-refractivity contribution in [3.63, 3.8) is 0 Å². The molecule has 2 fully saturated rings. The number of likely N-dealkylation sites (tertiary alicyclic amines) is 2. The summed E-state index contributed by atoms with van der Waals surface area (Å²) >= 11 is 13.0. The predicted octanol–water partition coefficient (Wildman–Crippen LogP) is 5.44. The van der Waals surface area contributed by atoms with Crippen LogP contribution in [0.2, 0.25) is 10.0 Å². The Balaban J connectivity index is 1.45. The molecule has 0 unspecified atom stereocenters. The van der Waals surface area contributed by atoms with E-state index >= 15 is 0 Å². The highest BCUT2D eigenvalue weighted by atomic mass is 35.5. The third kappa shape index (κ3) is 4.99. The number of halogens is 2. The minimum absolute atomic E-state index is 0.000106. The van der Waals surface area contributed by atoms with Crippen molar-refractivity contribution in [2.75, 3.05) is 26.2 Å². The maximum absolute atomic E-state index is 13.9. The average molecular weight is 527 g/mol. The highest BCUT2D eigenvalue weighted by molar-refractivity contribution is 6.36.